The molecule has 1 unspecified atom stereocenters. The smallest absolute Gasteiger partial charge is 0.308 e. The Balaban J connectivity index is 1.76. The lowest BCUT2D eigenvalue weighted by molar-refractivity contribution is -0.146. The fourth-order valence-corrected chi connectivity index (χ4v) is 2.22. The molecule has 0 bridgehead atoms. The van der Waals surface area contributed by atoms with Crippen LogP contribution < -0.4 is 5.32 Å². The minimum atomic E-state index is -0.874. The molecule has 2 rings (SSSR count). The van der Waals surface area contributed by atoms with Gasteiger partial charge in [-0.25, -0.2) is 0 Å². The maximum absolute atomic E-state index is 12.3. The van der Waals surface area contributed by atoms with E-state index >= 15 is 0 Å². The van der Waals surface area contributed by atoms with Gasteiger partial charge in [0.25, 0.3) is 5.91 Å². The number of ether oxygens (including phenoxy) is 1. The van der Waals surface area contributed by atoms with Gasteiger partial charge in [0, 0.05) is 12.1 Å². The molecule has 0 saturated carbocycles. The van der Waals surface area contributed by atoms with Crippen LogP contribution in [0.15, 0.2) is 47.1 Å². The number of furan rings is 1. The summed E-state index contributed by atoms with van der Waals surface area (Å²) in [6, 6.07) is 10.4. The first kappa shape index (κ1) is 18.4. The molecule has 25 heavy (non-hydrogen) atoms. The summed E-state index contributed by atoms with van der Waals surface area (Å²) in [4.78, 5) is 35.7. The van der Waals surface area contributed by atoms with Crippen molar-refractivity contribution in [3.63, 3.8) is 0 Å². The molecular formula is C19H21NO5. The van der Waals surface area contributed by atoms with Gasteiger partial charge in [0.05, 0.1) is 12.7 Å². The Bertz CT molecular complexity index is 719. The second kappa shape index (κ2) is 8.82. The zero-order valence-corrected chi connectivity index (χ0v) is 14.3. The van der Waals surface area contributed by atoms with Crippen LogP contribution in [0.25, 0.3) is 0 Å². The van der Waals surface area contributed by atoms with Crippen LogP contribution in [-0.2, 0) is 16.0 Å². The van der Waals surface area contributed by atoms with Gasteiger partial charge in [0.1, 0.15) is 0 Å². The van der Waals surface area contributed by atoms with E-state index in [4.69, 9.17) is 9.15 Å². The fraction of sp³-hybridized carbons (Fsp3) is 0.316. The van der Waals surface area contributed by atoms with Crippen molar-refractivity contribution in [3.05, 3.63) is 59.5 Å². The Morgan fingerprint density at radius 1 is 1.16 bits per heavy atom. The molecule has 1 aromatic carbocycles. The number of Topliss-reactive ketones (excluding diaryl/α,β-unsaturated/α-hetero) is 1. The third-order valence-electron chi connectivity index (χ3n) is 3.68. The molecule has 132 valence electrons. The van der Waals surface area contributed by atoms with E-state index in [9.17, 15) is 14.4 Å². The van der Waals surface area contributed by atoms with Crippen LogP contribution in [0.1, 0.15) is 46.7 Å². The molecular weight excluding hydrogens is 322 g/mol. The number of benzene rings is 1. The van der Waals surface area contributed by atoms with Crippen LogP contribution in [0.5, 0.6) is 0 Å². The average molecular weight is 343 g/mol. The summed E-state index contributed by atoms with van der Waals surface area (Å²) >= 11 is 0. The zero-order chi connectivity index (χ0) is 18.2. The van der Waals surface area contributed by atoms with Crippen molar-refractivity contribution >= 4 is 17.7 Å². The van der Waals surface area contributed by atoms with Crippen molar-refractivity contribution in [2.75, 3.05) is 6.54 Å². The van der Waals surface area contributed by atoms with E-state index in [1.54, 1.807) is 18.2 Å². The largest absolute Gasteiger partial charge is 0.459 e. The van der Waals surface area contributed by atoms with Crippen molar-refractivity contribution < 1.29 is 23.5 Å². The quantitative estimate of drug-likeness (QED) is 0.588. The van der Waals surface area contributed by atoms with Gasteiger partial charge in [0.15, 0.2) is 11.9 Å². The Kier molecular flexibility index (Phi) is 6.51. The summed E-state index contributed by atoms with van der Waals surface area (Å²) in [5.41, 5.74) is 1.64. The van der Waals surface area contributed by atoms with Gasteiger partial charge in [-0.1, -0.05) is 31.2 Å². The van der Waals surface area contributed by atoms with Crippen molar-refractivity contribution in [2.45, 2.75) is 32.8 Å². The predicted octanol–water partition coefficient (Wildman–Crippen LogP) is 2.78. The number of hydrogen-bond acceptors (Lipinski definition) is 5. The molecule has 1 aromatic heterocycles. The molecule has 6 nitrogen and oxygen atoms in total. The number of amides is 1. The maximum atomic E-state index is 12.3. The Labute approximate surface area is 146 Å². The lowest BCUT2D eigenvalue weighted by atomic mass is 10.0. The molecule has 0 aliphatic carbocycles. The van der Waals surface area contributed by atoms with Gasteiger partial charge in [-0.3, -0.25) is 14.4 Å². The second-order valence-electron chi connectivity index (χ2n) is 5.53. The highest BCUT2D eigenvalue weighted by Gasteiger charge is 2.19. The number of rotatable bonds is 8. The van der Waals surface area contributed by atoms with E-state index in [0.29, 0.717) is 5.56 Å². The standard InChI is InChI=1S/C19H21NO5/c1-3-14-6-8-15(9-7-14)18(22)13(2)25-17(21)10-11-20-19(23)16-5-4-12-24-16/h4-9,12-13H,3,10-11H2,1-2H3,(H,20,23). The first-order chi connectivity index (χ1) is 12.0. The molecule has 1 atom stereocenters. The summed E-state index contributed by atoms with van der Waals surface area (Å²) in [6.45, 7) is 3.67. The van der Waals surface area contributed by atoms with Gasteiger partial charge >= 0.3 is 5.97 Å². The predicted molar refractivity (Wildman–Crippen MR) is 91.4 cm³/mol. The number of hydrogen-bond donors (Lipinski definition) is 1. The summed E-state index contributed by atoms with van der Waals surface area (Å²) in [6.07, 6.45) is 1.38. The first-order valence-corrected chi connectivity index (χ1v) is 8.15. The van der Waals surface area contributed by atoms with Crippen molar-refractivity contribution in [3.8, 4) is 0 Å². The van der Waals surface area contributed by atoms with Gasteiger partial charge in [-0.05, 0) is 31.0 Å². The number of ketones is 1. The summed E-state index contributed by atoms with van der Waals surface area (Å²) in [5, 5.41) is 2.54. The van der Waals surface area contributed by atoms with Crippen molar-refractivity contribution in [1.29, 1.82) is 0 Å². The van der Waals surface area contributed by atoms with E-state index in [1.807, 2.05) is 19.1 Å². The van der Waals surface area contributed by atoms with Crippen molar-refractivity contribution in [1.82, 2.24) is 5.32 Å². The normalized spacial score (nSPS) is 11.6. The van der Waals surface area contributed by atoms with Crippen LogP contribution in [0.3, 0.4) is 0 Å². The molecule has 0 aliphatic heterocycles. The van der Waals surface area contributed by atoms with Gasteiger partial charge in [-0.15, -0.1) is 0 Å². The molecule has 1 heterocycles. The number of carbonyl (C=O) groups excluding carboxylic acids is 3. The molecule has 0 aliphatic rings. The zero-order valence-electron chi connectivity index (χ0n) is 14.3. The molecule has 0 spiro atoms. The van der Waals surface area contributed by atoms with E-state index < -0.39 is 18.0 Å². The number of aryl methyl sites for hydroxylation is 1. The molecule has 1 amide bonds. The highest BCUT2D eigenvalue weighted by atomic mass is 16.5. The lowest BCUT2D eigenvalue weighted by Gasteiger charge is -2.12. The molecule has 0 radical (unpaired) electrons. The van der Waals surface area contributed by atoms with Crippen LogP contribution in [0.4, 0.5) is 0 Å². The highest BCUT2D eigenvalue weighted by molar-refractivity contribution is 6.00. The minimum absolute atomic E-state index is 0.0289. The van der Waals surface area contributed by atoms with Crippen LogP contribution in [0, 0.1) is 0 Å². The number of nitrogens with one attached hydrogen (secondary N) is 1. The third kappa shape index (κ3) is 5.31. The number of esters is 1. The fourth-order valence-electron chi connectivity index (χ4n) is 2.22. The summed E-state index contributed by atoms with van der Waals surface area (Å²) in [5.74, 6) is -1.04. The van der Waals surface area contributed by atoms with E-state index in [0.717, 1.165) is 12.0 Å². The number of carbonyl (C=O) groups is 3. The summed E-state index contributed by atoms with van der Waals surface area (Å²) in [7, 11) is 0. The van der Waals surface area contributed by atoms with E-state index in [-0.39, 0.29) is 24.5 Å². The van der Waals surface area contributed by atoms with E-state index in [1.165, 1.54) is 19.3 Å². The monoisotopic (exact) mass is 343 g/mol. The molecule has 0 saturated heterocycles. The minimum Gasteiger partial charge on any atom is -0.459 e. The second-order valence-corrected chi connectivity index (χ2v) is 5.53. The SMILES string of the molecule is CCc1ccc(C(=O)C(C)OC(=O)CCNC(=O)c2ccco2)cc1. The maximum Gasteiger partial charge on any atom is 0.308 e. The summed E-state index contributed by atoms with van der Waals surface area (Å²) < 4.78 is 10.1. The van der Waals surface area contributed by atoms with Crippen LogP contribution in [0.2, 0.25) is 0 Å². The van der Waals surface area contributed by atoms with Gasteiger partial charge < -0.3 is 14.5 Å². The molecule has 6 heteroatoms. The highest BCUT2D eigenvalue weighted by Crippen LogP contribution is 2.10. The molecule has 2 aromatic rings. The van der Waals surface area contributed by atoms with Gasteiger partial charge in [-0.2, -0.15) is 0 Å². The third-order valence-corrected chi connectivity index (χ3v) is 3.68. The van der Waals surface area contributed by atoms with Crippen LogP contribution in [-0.4, -0.2) is 30.3 Å². The first-order valence-electron chi connectivity index (χ1n) is 8.15. The van der Waals surface area contributed by atoms with E-state index in [2.05, 4.69) is 5.32 Å². The Morgan fingerprint density at radius 3 is 2.48 bits per heavy atom. The molecule has 0 fully saturated rings. The molecule has 1 N–H and O–H groups in total. The van der Waals surface area contributed by atoms with Crippen LogP contribution >= 0.6 is 0 Å². The Morgan fingerprint density at radius 2 is 1.88 bits per heavy atom. The Hall–Kier alpha value is -2.89. The average Bonchev–Trinajstić information content (AvgIpc) is 3.15. The lowest BCUT2D eigenvalue weighted by Crippen LogP contribution is -2.29. The topological polar surface area (TPSA) is 85.6 Å². The van der Waals surface area contributed by atoms with Crippen molar-refractivity contribution in [2.24, 2.45) is 0 Å². The van der Waals surface area contributed by atoms with Gasteiger partial charge in [0.2, 0.25) is 5.78 Å².